The molecule has 1 aromatic carbocycles. The zero-order valence-electron chi connectivity index (χ0n) is 10.5. The number of hydrogen-bond acceptors (Lipinski definition) is 2. The predicted molar refractivity (Wildman–Crippen MR) is 66.8 cm³/mol. The zero-order chi connectivity index (χ0) is 12.2. The highest BCUT2D eigenvalue weighted by atomic mass is 15.0. The lowest BCUT2D eigenvalue weighted by Gasteiger charge is -2.28. The first-order valence-corrected chi connectivity index (χ1v) is 5.66. The Hall–Kier alpha value is -1.33. The molecule has 0 heterocycles. The summed E-state index contributed by atoms with van der Waals surface area (Å²) in [7, 11) is 0. The van der Waals surface area contributed by atoms with Crippen molar-refractivity contribution in [3.8, 4) is 6.07 Å². The Kier molecular flexibility index (Phi) is 4.09. The molecule has 0 radical (unpaired) electrons. The Morgan fingerprint density at radius 1 is 1.19 bits per heavy atom. The van der Waals surface area contributed by atoms with Gasteiger partial charge in [-0.2, -0.15) is 5.26 Å². The van der Waals surface area contributed by atoms with Gasteiger partial charge in [0.1, 0.15) is 6.04 Å². The van der Waals surface area contributed by atoms with Crippen LogP contribution in [-0.4, -0.2) is 6.04 Å². The second-order valence-electron chi connectivity index (χ2n) is 5.23. The maximum Gasteiger partial charge on any atom is 0.101 e. The van der Waals surface area contributed by atoms with E-state index in [0.717, 1.165) is 0 Å². The first kappa shape index (κ1) is 12.7. The standard InChI is InChI=1S/C14H20N2/c1-11(12-8-6-5-7-9-12)16-13(10-15)14(2,3)4/h5-9,11,13,16H,1-4H3/t11-,13-/m0/s1. The van der Waals surface area contributed by atoms with Gasteiger partial charge in [0, 0.05) is 6.04 Å². The molecule has 1 rings (SSSR count). The van der Waals surface area contributed by atoms with E-state index in [9.17, 15) is 0 Å². The number of rotatable bonds is 3. The summed E-state index contributed by atoms with van der Waals surface area (Å²) in [5.41, 5.74) is 1.17. The van der Waals surface area contributed by atoms with E-state index in [2.05, 4.69) is 51.2 Å². The summed E-state index contributed by atoms with van der Waals surface area (Å²) in [4.78, 5) is 0. The molecule has 1 N–H and O–H groups in total. The smallest absolute Gasteiger partial charge is 0.101 e. The van der Waals surface area contributed by atoms with Crippen LogP contribution in [0.15, 0.2) is 30.3 Å². The largest absolute Gasteiger partial charge is 0.295 e. The summed E-state index contributed by atoms with van der Waals surface area (Å²) in [6.45, 7) is 8.31. The molecule has 86 valence electrons. The molecule has 1 aromatic rings. The number of nitriles is 1. The summed E-state index contributed by atoms with van der Waals surface area (Å²) in [6.07, 6.45) is 0. The van der Waals surface area contributed by atoms with E-state index in [0.29, 0.717) is 0 Å². The van der Waals surface area contributed by atoms with Gasteiger partial charge in [0.05, 0.1) is 6.07 Å². The fourth-order valence-corrected chi connectivity index (χ4v) is 1.57. The average molecular weight is 216 g/mol. The number of hydrogen-bond donors (Lipinski definition) is 1. The molecular formula is C14H20N2. The second kappa shape index (κ2) is 5.14. The highest BCUT2D eigenvalue weighted by molar-refractivity contribution is 5.19. The Balaban J connectivity index is 2.72. The molecule has 0 saturated heterocycles. The number of nitrogens with zero attached hydrogens (tertiary/aromatic N) is 1. The Bertz CT molecular complexity index is 357. The monoisotopic (exact) mass is 216 g/mol. The molecule has 0 aromatic heterocycles. The first-order valence-electron chi connectivity index (χ1n) is 5.66. The summed E-state index contributed by atoms with van der Waals surface area (Å²) in [5.74, 6) is 0. The number of nitrogens with one attached hydrogen (secondary N) is 1. The van der Waals surface area contributed by atoms with Gasteiger partial charge in [-0.05, 0) is 17.9 Å². The van der Waals surface area contributed by atoms with Crippen molar-refractivity contribution in [2.75, 3.05) is 0 Å². The lowest BCUT2D eigenvalue weighted by atomic mass is 9.87. The SMILES string of the molecule is C[C@H](N[C@@H](C#N)C(C)(C)C)c1ccccc1. The van der Waals surface area contributed by atoms with Crippen molar-refractivity contribution in [1.82, 2.24) is 5.32 Å². The molecule has 0 unspecified atom stereocenters. The van der Waals surface area contributed by atoms with Crippen molar-refractivity contribution in [3.05, 3.63) is 35.9 Å². The lowest BCUT2D eigenvalue weighted by molar-refractivity contribution is 0.300. The summed E-state index contributed by atoms with van der Waals surface area (Å²) in [5, 5.41) is 12.5. The summed E-state index contributed by atoms with van der Waals surface area (Å²) in [6, 6.07) is 12.6. The molecular weight excluding hydrogens is 196 g/mol. The van der Waals surface area contributed by atoms with Crippen molar-refractivity contribution < 1.29 is 0 Å². The van der Waals surface area contributed by atoms with Crippen LogP contribution in [0.1, 0.15) is 39.3 Å². The molecule has 2 atom stereocenters. The molecule has 0 fully saturated rings. The van der Waals surface area contributed by atoms with Crippen LogP contribution in [0.3, 0.4) is 0 Å². The minimum absolute atomic E-state index is 0.0439. The van der Waals surface area contributed by atoms with Crippen molar-refractivity contribution in [2.24, 2.45) is 5.41 Å². The minimum atomic E-state index is -0.136. The quantitative estimate of drug-likeness (QED) is 0.841. The first-order chi connectivity index (χ1) is 7.45. The normalized spacial score (nSPS) is 15.2. The van der Waals surface area contributed by atoms with Crippen LogP contribution in [0.25, 0.3) is 0 Å². The highest BCUT2D eigenvalue weighted by Crippen LogP contribution is 2.22. The Morgan fingerprint density at radius 2 is 1.75 bits per heavy atom. The van der Waals surface area contributed by atoms with Gasteiger partial charge in [-0.15, -0.1) is 0 Å². The van der Waals surface area contributed by atoms with Crippen molar-refractivity contribution in [1.29, 1.82) is 5.26 Å². The fraction of sp³-hybridized carbons (Fsp3) is 0.500. The average Bonchev–Trinajstić information content (AvgIpc) is 2.25. The van der Waals surface area contributed by atoms with Gasteiger partial charge in [-0.25, -0.2) is 0 Å². The third-order valence-corrected chi connectivity index (χ3v) is 2.71. The van der Waals surface area contributed by atoms with E-state index >= 15 is 0 Å². The van der Waals surface area contributed by atoms with E-state index in [1.807, 2.05) is 18.2 Å². The van der Waals surface area contributed by atoms with Crippen LogP contribution in [0.5, 0.6) is 0 Å². The number of benzene rings is 1. The van der Waals surface area contributed by atoms with E-state index in [1.165, 1.54) is 5.56 Å². The van der Waals surface area contributed by atoms with Crippen molar-refractivity contribution in [3.63, 3.8) is 0 Å². The molecule has 0 bridgehead atoms. The second-order valence-corrected chi connectivity index (χ2v) is 5.23. The highest BCUT2D eigenvalue weighted by Gasteiger charge is 2.25. The Morgan fingerprint density at radius 3 is 2.19 bits per heavy atom. The summed E-state index contributed by atoms with van der Waals surface area (Å²) < 4.78 is 0. The molecule has 2 heteroatoms. The van der Waals surface area contributed by atoms with E-state index < -0.39 is 0 Å². The van der Waals surface area contributed by atoms with Crippen LogP contribution in [0.4, 0.5) is 0 Å². The van der Waals surface area contributed by atoms with Gasteiger partial charge in [-0.3, -0.25) is 5.32 Å². The molecule has 16 heavy (non-hydrogen) atoms. The van der Waals surface area contributed by atoms with Crippen molar-refractivity contribution >= 4 is 0 Å². The molecule has 2 nitrogen and oxygen atoms in total. The Labute approximate surface area is 98.3 Å². The van der Waals surface area contributed by atoms with Crippen LogP contribution >= 0.6 is 0 Å². The van der Waals surface area contributed by atoms with Gasteiger partial charge >= 0.3 is 0 Å². The van der Waals surface area contributed by atoms with Crippen molar-refractivity contribution in [2.45, 2.75) is 39.8 Å². The third-order valence-electron chi connectivity index (χ3n) is 2.71. The van der Waals surface area contributed by atoms with Gasteiger partial charge in [0.25, 0.3) is 0 Å². The van der Waals surface area contributed by atoms with Gasteiger partial charge in [-0.1, -0.05) is 51.1 Å². The topological polar surface area (TPSA) is 35.8 Å². The molecule has 0 aliphatic heterocycles. The maximum atomic E-state index is 9.14. The van der Waals surface area contributed by atoms with E-state index in [4.69, 9.17) is 5.26 Å². The van der Waals surface area contributed by atoms with Crippen LogP contribution in [0, 0.1) is 16.7 Å². The van der Waals surface area contributed by atoms with E-state index in [-0.39, 0.29) is 17.5 Å². The predicted octanol–water partition coefficient (Wildman–Crippen LogP) is 3.28. The maximum absolute atomic E-state index is 9.14. The van der Waals surface area contributed by atoms with Gasteiger partial charge < -0.3 is 0 Å². The minimum Gasteiger partial charge on any atom is -0.295 e. The molecule has 0 amide bonds. The van der Waals surface area contributed by atoms with Crippen LogP contribution in [-0.2, 0) is 0 Å². The lowest BCUT2D eigenvalue weighted by Crippen LogP contribution is -2.40. The molecule has 0 aliphatic rings. The van der Waals surface area contributed by atoms with Crippen LogP contribution in [0.2, 0.25) is 0 Å². The third kappa shape index (κ3) is 3.36. The zero-order valence-corrected chi connectivity index (χ0v) is 10.5. The van der Waals surface area contributed by atoms with Crippen LogP contribution < -0.4 is 5.32 Å². The fourth-order valence-electron chi connectivity index (χ4n) is 1.57. The van der Waals surface area contributed by atoms with Gasteiger partial charge in [0.2, 0.25) is 0 Å². The molecule has 0 spiro atoms. The molecule has 0 saturated carbocycles. The van der Waals surface area contributed by atoms with E-state index in [1.54, 1.807) is 0 Å². The molecule has 0 aliphatic carbocycles. The summed E-state index contributed by atoms with van der Waals surface area (Å²) >= 11 is 0. The van der Waals surface area contributed by atoms with Gasteiger partial charge in [0.15, 0.2) is 0 Å².